The van der Waals surface area contributed by atoms with Gasteiger partial charge in [-0.2, -0.15) is 0 Å². The van der Waals surface area contributed by atoms with Gasteiger partial charge in [0.15, 0.2) is 0 Å². The lowest BCUT2D eigenvalue weighted by molar-refractivity contribution is 0.275. The van der Waals surface area contributed by atoms with Gasteiger partial charge in [0.25, 0.3) is 6.01 Å². The number of rotatable bonds is 3. The van der Waals surface area contributed by atoms with Crippen LogP contribution in [0.1, 0.15) is 0 Å². The Kier molecular flexibility index (Phi) is 2.24. The average Bonchev–Trinajstić information content (AvgIpc) is 2.40. The van der Waals surface area contributed by atoms with E-state index in [9.17, 15) is 0 Å². The van der Waals surface area contributed by atoms with Crippen LogP contribution in [-0.4, -0.2) is 22.9 Å². The van der Waals surface area contributed by atoms with Gasteiger partial charge in [0.2, 0.25) is 0 Å². The van der Waals surface area contributed by atoms with Crippen LogP contribution in [-0.2, 0) is 0 Å². The molecule has 0 aliphatic carbocycles. The maximum absolute atomic E-state index is 8.48. The van der Waals surface area contributed by atoms with E-state index in [2.05, 4.69) is 10.3 Å². The standard InChI is InChI=1S/C5H9N3O2/c6-4(3-9)8-5-7-1-2-10-5/h1-2,4,9H,3,6H2,(H,7,8). The number of nitrogens with one attached hydrogen (secondary N) is 1. The third-order valence-electron chi connectivity index (χ3n) is 0.938. The number of aliphatic hydroxyl groups excluding tert-OH is 1. The van der Waals surface area contributed by atoms with Crippen molar-refractivity contribution in [1.82, 2.24) is 4.98 Å². The van der Waals surface area contributed by atoms with E-state index in [4.69, 9.17) is 15.3 Å². The lowest BCUT2D eigenvalue weighted by Gasteiger charge is -2.06. The Morgan fingerprint density at radius 1 is 1.90 bits per heavy atom. The first kappa shape index (κ1) is 7.04. The van der Waals surface area contributed by atoms with Crippen LogP contribution < -0.4 is 11.1 Å². The molecule has 5 nitrogen and oxygen atoms in total. The summed E-state index contributed by atoms with van der Waals surface area (Å²) in [5, 5.41) is 11.1. The summed E-state index contributed by atoms with van der Waals surface area (Å²) in [6, 6.07) is 0.321. The molecular formula is C5H9N3O2. The van der Waals surface area contributed by atoms with Gasteiger partial charge in [0, 0.05) is 0 Å². The summed E-state index contributed by atoms with van der Waals surface area (Å²) < 4.78 is 4.79. The number of hydrogen-bond donors (Lipinski definition) is 3. The SMILES string of the molecule is NC(CO)Nc1ncco1. The molecule has 0 bridgehead atoms. The van der Waals surface area contributed by atoms with E-state index in [0.717, 1.165) is 0 Å². The molecule has 4 N–H and O–H groups in total. The fourth-order valence-corrected chi connectivity index (χ4v) is 0.499. The molecule has 1 heterocycles. The van der Waals surface area contributed by atoms with Crippen molar-refractivity contribution in [3.63, 3.8) is 0 Å². The van der Waals surface area contributed by atoms with Gasteiger partial charge in [0.1, 0.15) is 12.4 Å². The van der Waals surface area contributed by atoms with Crippen molar-refractivity contribution in [2.45, 2.75) is 6.17 Å². The Balaban J connectivity index is 2.40. The van der Waals surface area contributed by atoms with E-state index in [1.807, 2.05) is 0 Å². The molecule has 1 unspecified atom stereocenters. The van der Waals surface area contributed by atoms with Gasteiger partial charge < -0.3 is 20.6 Å². The van der Waals surface area contributed by atoms with E-state index in [1.165, 1.54) is 12.5 Å². The predicted octanol–water partition coefficient (Wildman–Crippen LogP) is -0.636. The number of hydrogen-bond acceptors (Lipinski definition) is 5. The Labute approximate surface area is 57.9 Å². The molecule has 0 aromatic carbocycles. The molecule has 0 radical (unpaired) electrons. The van der Waals surface area contributed by atoms with Crippen LogP contribution in [0.3, 0.4) is 0 Å². The van der Waals surface area contributed by atoms with Crippen molar-refractivity contribution >= 4 is 6.01 Å². The second-order valence-electron chi connectivity index (χ2n) is 1.77. The van der Waals surface area contributed by atoms with Crippen molar-refractivity contribution in [2.24, 2.45) is 5.73 Å². The molecule has 0 amide bonds. The molecule has 0 fully saturated rings. The lowest BCUT2D eigenvalue weighted by Crippen LogP contribution is -2.33. The zero-order valence-electron chi connectivity index (χ0n) is 5.32. The Bertz CT molecular complexity index is 175. The molecular weight excluding hydrogens is 134 g/mol. The van der Waals surface area contributed by atoms with Gasteiger partial charge in [-0.1, -0.05) is 0 Å². The first-order valence-corrected chi connectivity index (χ1v) is 2.85. The first-order valence-electron chi connectivity index (χ1n) is 2.85. The van der Waals surface area contributed by atoms with Crippen molar-refractivity contribution in [3.8, 4) is 0 Å². The van der Waals surface area contributed by atoms with Crippen LogP contribution >= 0.6 is 0 Å². The number of oxazole rings is 1. The van der Waals surface area contributed by atoms with E-state index in [1.54, 1.807) is 0 Å². The summed E-state index contributed by atoms with van der Waals surface area (Å²) in [5.41, 5.74) is 5.30. The Hall–Kier alpha value is -1.07. The molecule has 1 rings (SSSR count). The van der Waals surface area contributed by atoms with Gasteiger partial charge in [-0.25, -0.2) is 4.98 Å². The number of aromatic nitrogens is 1. The Morgan fingerprint density at radius 3 is 3.20 bits per heavy atom. The summed E-state index contributed by atoms with van der Waals surface area (Å²) in [6.45, 7) is -0.150. The van der Waals surface area contributed by atoms with Crippen LogP contribution in [0.4, 0.5) is 6.01 Å². The van der Waals surface area contributed by atoms with Crippen LogP contribution in [0.25, 0.3) is 0 Å². The van der Waals surface area contributed by atoms with Crippen LogP contribution in [0.2, 0.25) is 0 Å². The number of aliphatic hydroxyl groups is 1. The maximum Gasteiger partial charge on any atom is 0.295 e. The largest absolute Gasteiger partial charge is 0.432 e. The maximum atomic E-state index is 8.48. The van der Waals surface area contributed by atoms with Gasteiger partial charge in [0.05, 0.1) is 12.8 Å². The first-order chi connectivity index (χ1) is 4.83. The van der Waals surface area contributed by atoms with Gasteiger partial charge in [-0.3, -0.25) is 0 Å². The van der Waals surface area contributed by atoms with Crippen LogP contribution in [0.15, 0.2) is 16.9 Å². The van der Waals surface area contributed by atoms with Gasteiger partial charge in [-0.15, -0.1) is 0 Å². The van der Waals surface area contributed by atoms with Gasteiger partial charge >= 0.3 is 0 Å². The molecule has 1 aromatic heterocycles. The highest BCUT2D eigenvalue weighted by Gasteiger charge is 2.01. The number of nitrogens with zero attached hydrogens (tertiary/aromatic N) is 1. The van der Waals surface area contributed by atoms with E-state index in [-0.39, 0.29) is 6.61 Å². The monoisotopic (exact) mass is 143 g/mol. The molecule has 56 valence electrons. The van der Waals surface area contributed by atoms with Crippen molar-refractivity contribution in [3.05, 3.63) is 12.5 Å². The Morgan fingerprint density at radius 2 is 2.70 bits per heavy atom. The lowest BCUT2D eigenvalue weighted by atomic mass is 10.6. The third-order valence-corrected chi connectivity index (χ3v) is 0.938. The molecule has 5 heteroatoms. The molecule has 1 atom stereocenters. The zero-order valence-corrected chi connectivity index (χ0v) is 5.32. The van der Waals surface area contributed by atoms with Crippen LogP contribution in [0.5, 0.6) is 0 Å². The molecule has 0 saturated carbocycles. The summed E-state index contributed by atoms with van der Waals surface area (Å²) in [4.78, 5) is 3.74. The highest BCUT2D eigenvalue weighted by molar-refractivity contribution is 5.18. The minimum absolute atomic E-state index is 0.150. The quantitative estimate of drug-likeness (QED) is 0.490. The van der Waals surface area contributed by atoms with E-state index < -0.39 is 6.17 Å². The third kappa shape index (κ3) is 1.71. The normalized spacial score (nSPS) is 13.0. The van der Waals surface area contributed by atoms with Crippen molar-refractivity contribution in [2.75, 3.05) is 11.9 Å². The van der Waals surface area contributed by atoms with E-state index in [0.29, 0.717) is 6.01 Å². The molecule has 0 spiro atoms. The molecule has 1 aromatic rings. The van der Waals surface area contributed by atoms with Gasteiger partial charge in [-0.05, 0) is 0 Å². The fraction of sp³-hybridized carbons (Fsp3) is 0.400. The van der Waals surface area contributed by atoms with Crippen LogP contribution in [0, 0.1) is 0 Å². The summed E-state index contributed by atoms with van der Waals surface area (Å²) in [6.07, 6.45) is 2.40. The smallest absolute Gasteiger partial charge is 0.295 e. The summed E-state index contributed by atoms with van der Waals surface area (Å²) >= 11 is 0. The minimum atomic E-state index is -0.515. The highest BCUT2D eigenvalue weighted by Crippen LogP contribution is 2.00. The number of anilines is 1. The fourth-order valence-electron chi connectivity index (χ4n) is 0.499. The molecule has 0 aliphatic rings. The molecule has 0 saturated heterocycles. The van der Waals surface area contributed by atoms with Crippen molar-refractivity contribution in [1.29, 1.82) is 0 Å². The summed E-state index contributed by atoms with van der Waals surface area (Å²) in [7, 11) is 0. The highest BCUT2D eigenvalue weighted by atomic mass is 16.4. The topological polar surface area (TPSA) is 84.3 Å². The zero-order chi connectivity index (χ0) is 7.40. The molecule has 10 heavy (non-hydrogen) atoms. The van der Waals surface area contributed by atoms with E-state index >= 15 is 0 Å². The summed E-state index contributed by atoms with van der Waals surface area (Å²) in [5.74, 6) is 0. The molecule has 0 aliphatic heterocycles. The average molecular weight is 143 g/mol. The predicted molar refractivity (Wildman–Crippen MR) is 35.2 cm³/mol. The second-order valence-corrected chi connectivity index (χ2v) is 1.77. The minimum Gasteiger partial charge on any atom is -0.432 e. The second kappa shape index (κ2) is 3.19. The van der Waals surface area contributed by atoms with Crippen molar-refractivity contribution < 1.29 is 9.52 Å². The number of nitrogens with two attached hydrogens (primary N) is 1.